The molecule has 0 aromatic heterocycles. The molecule has 3 atom stereocenters. The zero-order valence-corrected chi connectivity index (χ0v) is 15.8. The lowest BCUT2D eigenvalue weighted by molar-refractivity contribution is -0.159. The van der Waals surface area contributed by atoms with Gasteiger partial charge in [-0.25, -0.2) is 0 Å². The summed E-state index contributed by atoms with van der Waals surface area (Å²) in [5, 5.41) is 0. The highest BCUT2D eigenvalue weighted by Crippen LogP contribution is 2.34. The first kappa shape index (κ1) is 20.2. The molecule has 2 N–H and O–H groups in total. The van der Waals surface area contributed by atoms with Gasteiger partial charge in [-0.2, -0.15) is 0 Å². The summed E-state index contributed by atoms with van der Waals surface area (Å²) in [6.45, 7) is 0.776. The number of carbonyl (C=O) groups excluding carboxylic acids is 5. The molecule has 9 heteroatoms. The fraction of sp³-hybridized carbons (Fsp3) is 0.350. The lowest BCUT2D eigenvalue weighted by Crippen LogP contribution is -2.47. The first-order valence-electron chi connectivity index (χ1n) is 9.23. The van der Waals surface area contributed by atoms with Crippen LogP contribution in [0, 0.1) is 11.8 Å². The molecule has 0 saturated carbocycles. The number of imide groups is 1. The molecule has 2 aliphatic rings. The van der Waals surface area contributed by atoms with Gasteiger partial charge in [-0.1, -0.05) is 30.4 Å². The van der Waals surface area contributed by atoms with Crippen molar-refractivity contribution in [2.24, 2.45) is 11.8 Å². The first-order valence-corrected chi connectivity index (χ1v) is 9.23. The number of benzene rings is 1. The van der Waals surface area contributed by atoms with Crippen molar-refractivity contribution in [2.45, 2.75) is 25.9 Å². The van der Waals surface area contributed by atoms with Crippen LogP contribution >= 0.6 is 0 Å². The average Bonchev–Trinajstić information content (AvgIpc) is 2.97. The Hall–Kier alpha value is -3.49. The van der Waals surface area contributed by atoms with Gasteiger partial charge in [0.1, 0.15) is 6.54 Å². The Morgan fingerprint density at radius 2 is 1.62 bits per heavy atom. The lowest BCUT2D eigenvalue weighted by atomic mass is 9.85. The summed E-state index contributed by atoms with van der Waals surface area (Å²) in [5.41, 5.74) is 4.73. The molecule has 0 unspecified atom stereocenters. The number of hydrogen-bond donors (Lipinski definition) is 2. The summed E-state index contributed by atoms with van der Waals surface area (Å²) in [6, 6.07) is 8.24. The SMILES string of the molecule is C[C@H](OC(=O)CN1C(=O)[C@H]2CC=CC[C@H]2C1=O)C(=O)NNC(=O)c1ccccc1. The van der Waals surface area contributed by atoms with Crippen molar-refractivity contribution in [3.8, 4) is 0 Å². The zero-order valence-electron chi connectivity index (χ0n) is 15.8. The van der Waals surface area contributed by atoms with Crippen LogP contribution in [0.1, 0.15) is 30.1 Å². The largest absolute Gasteiger partial charge is 0.451 e. The van der Waals surface area contributed by atoms with E-state index >= 15 is 0 Å². The van der Waals surface area contributed by atoms with Gasteiger partial charge in [-0.05, 0) is 31.9 Å². The summed E-state index contributed by atoms with van der Waals surface area (Å²) in [4.78, 5) is 61.6. The highest BCUT2D eigenvalue weighted by Gasteiger charge is 2.47. The third-order valence-electron chi connectivity index (χ3n) is 4.90. The highest BCUT2D eigenvalue weighted by atomic mass is 16.5. The number of esters is 1. The topological polar surface area (TPSA) is 122 Å². The van der Waals surface area contributed by atoms with E-state index in [4.69, 9.17) is 4.74 Å². The van der Waals surface area contributed by atoms with Gasteiger partial charge >= 0.3 is 5.97 Å². The van der Waals surface area contributed by atoms with E-state index in [1.165, 1.54) is 6.92 Å². The van der Waals surface area contributed by atoms with E-state index in [1.54, 1.807) is 30.3 Å². The Bertz CT molecular complexity index is 840. The number of ether oxygens (including phenoxy) is 1. The summed E-state index contributed by atoms with van der Waals surface area (Å²) >= 11 is 0. The normalized spacial score (nSPS) is 21.3. The molecule has 4 amide bonds. The summed E-state index contributed by atoms with van der Waals surface area (Å²) in [7, 11) is 0. The number of nitrogens with zero attached hydrogens (tertiary/aromatic N) is 1. The predicted molar refractivity (Wildman–Crippen MR) is 99.7 cm³/mol. The van der Waals surface area contributed by atoms with Crippen molar-refractivity contribution >= 4 is 29.6 Å². The Kier molecular flexibility index (Phi) is 6.06. The van der Waals surface area contributed by atoms with Crippen molar-refractivity contribution in [2.75, 3.05) is 6.54 Å². The fourth-order valence-electron chi connectivity index (χ4n) is 3.32. The fourth-order valence-corrected chi connectivity index (χ4v) is 3.32. The van der Waals surface area contributed by atoms with Crippen LogP contribution in [0.25, 0.3) is 0 Å². The van der Waals surface area contributed by atoms with Crippen molar-refractivity contribution in [3.05, 3.63) is 48.0 Å². The molecule has 9 nitrogen and oxygen atoms in total. The smallest absolute Gasteiger partial charge is 0.326 e. The van der Waals surface area contributed by atoms with Gasteiger partial charge < -0.3 is 4.74 Å². The summed E-state index contributed by atoms with van der Waals surface area (Å²) < 4.78 is 5.00. The molecule has 1 heterocycles. The number of allylic oxidation sites excluding steroid dienone is 2. The molecule has 29 heavy (non-hydrogen) atoms. The van der Waals surface area contributed by atoms with Crippen molar-refractivity contribution in [1.29, 1.82) is 0 Å². The quantitative estimate of drug-likeness (QED) is 0.319. The molecule has 0 radical (unpaired) electrons. The van der Waals surface area contributed by atoms with E-state index in [0.717, 1.165) is 4.90 Å². The second-order valence-corrected chi connectivity index (χ2v) is 6.86. The van der Waals surface area contributed by atoms with Crippen LogP contribution in [0.15, 0.2) is 42.5 Å². The van der Waals surface area contributed by atoms with Gasteiger partial charge in [-0.15, -0.1) is 0 Å². The average molecular weight is 399 g/mol. The molecule has 0 spiro atoms. The Morgan fingerprint density at radius 3 is 2.21 bits per heavy atom. The number of hydrogen-bond acceptors (Lipinski definition) is 6. The molecule has 1 aromatic carbocycles. The number of carbonyl (C=O) groups is 5. The maximum Gasteiger partial charge on any atom is 0.326 e. The van der Waals surface area contributed by atoms with Gasteiger partial charge in [0.15, 0.2) is 6.10 Å². The summed E-state index contributed by atoms with van der Waals surface area (Å²) in [6.07, 6.45) is 3.42. The van der Waals surface area contributed by atoms with Gasteiger partial charge in [-0.3, -0.25) is 39.7 Å². The van der Waals surface area contributed by atoms with Crippen LogP contribution in [0.5, 0.6) is 0 Å². The molecule has 3 rings (SSSR count). The molecule has 1 aromatic rings. The van der Waals surface area contributed by atoms with Crippen LogP contribution < -0.4 is 10.9 Å². The molecule has 1 saturated heterocycles. The number of likely N-dealkylation sites (tertiary alicyclic amines) is 1. The van der Waals surface area contributed by atoms with Crippen molar-refractivity contribution in [1.82, 2.24) is 15.8 Å². The second-order valence-electron chi connectivity index (χ2n) is 6.86. The zero-order chi connectivity index (χ0) is 21.0. The molecule has 1 fully saturated rings. The minimum Gasteiger partial charge on any atom is -0.451 e. The van der Waals surface area contributed by atoms with Crippen LogP contribution in [0.2, 0.25) is 0 Å². The van der Waals surface area contributed by atoms with Crippen LogP contribution in [0.3, 0.4) is 0 Å². The molecule has 0 bridgehead atoms. The van der Waals surface area contributed by atoms with E-state index in [-0.39, 0.29) is 0 Å². The third kappa shape index (κ3) is 4.50. The van der Waals surface area contributed by atoms with Gasteiger partial charge in [0.2, 0.25) is 11.8 Å². The second kappa shape index (κ2) is 8.68. The van der Waals surface area contributed by atoms with Crippen LogP contribution in [-0.2, 0) is 23.9 Å². The van der Waals surface area contributed by atoms with Gasteiger partial charge in [0.25, 0.3) is 11.8 Å². The first-order chi connectivity index (χ1) is 13.9. The maximum absolute atomic E-state index is 12.4. The predicted octanol–water partition coefficient (Wildman–Crippen LogP) is 0.331. The number of amides is 4. The highest BCUT2D eigenvalue weighted by molar-refractivity contribution is 6.07. The van der Waals surface area contributed by atoms with E-state index in [9.17, 15) is 24.0 Å². The number of rotatable bonds is 5. The summed E-state index contributed by atoms with van der Waals surface area (Å²) in [5.74, 6) is -3.82. The van der Waals surface area contributed by atoms with Crippen LogP contribution in [0.4, 0.5) is 0 Å². The van der Waals surface area contributed by atoms with Crippen molar-refractivity contribution < 1.29 is 28.7 Å². The Balaban J connectivity index is 1.47. The molecule has 1 aliphatic heterocycles. The molecular weight excluding hydrogens is 378 g/mol. The van der Waals surface area contributed by atoms with E-state index < -0.39 is 54.1 Å². The number of hydrazine groups is 1. The van der Waals surface area contributed by atoms with E-state index in [0.29, 0.717) is 18.4 Å². The minimum atomic E-state index is -1.23. The molecule has 152 valence electrons. The third-order valence-corrected chi connectivity index (χ3v) is 4.90. The minimum absolute atomic E-state index is 0.347. The maximum atomic E-state index is 12.4. The van der Waals surface area contributed by atoms with Crippen LogP contribution in [-0.4, -0.2) is 47.1 Å². The molecule has 1 aliphatic carbocycles. The van der Waals surface area contributed by atoms with Gasteiger partial charge in [0, 0.05) is 5.56 Å². The van der Waals surface area contributed by atoms with E-state index in [1.807, 2.05) is 12.2 Å². The van der Waals surface area contributed by atoms with E-state index in [2.05, 4.69) is 10.9 Å². The number of nitrogens with one attached hydrogen (secondary N) is 2. The monoisotopic (exact) mass is 399 g/mol. The molecular formula is C20H21N3O6. The Morgan fingerprint density at radius 1 is 1.03 bits per heavy atom. The number of fused-ring (bicyclic) bond motifs is 1. The van der Waals surface area contributed by atoms with Crippen molar-refractivity contribution in [3.63, 3.8) is 0 Å². The van der Waals surface area contributed by atoms with Gasteiger partial charge in [0.05, 0.1) is 11.8 Å². The standard InChI is InChI=1S/C20H21N3O6/c1-12(17(25)21-22-18(26)13-7-3-2-4-8-13)29-16(24)11-23-19(27)14-9-5-6-10-15(14)20(23)28/h2-8,12,14-15H,9-11H2,1H3,(H,21,25)(H,22,26)/t12-,14-,15+/m0/s1. The lowest BCUT2D eigenvalue weighted by Gasteiger charge is -2.17. The Labute approximate surface area is 167 Å².